The number of hydrogen-bond acceptors (Lipinski definition) is 4. The molecule has 2 aromatic carbocycles. The van der Waals surface area contributed by atoms with Gasteiger partial charge in [0.1, 0.15) is 5.75 Å². The summed E-state index contributed by atoms with van der Waals surface area (Å²) in [5.74, 6) is 1.44. The van der Waals surface area contributed by atoms with Crippen molar-refractivity contribution in [1.29, 1.82) is 0 Å². The molecule has 0 N–H and O–H groups in total. The Morgan fingerprint density at radius 2 is 1.83 bits per heavy atom. The van der Waals surface area contributed by atoms with Crippen LogP contribution in [0, 0.1) is 13.8 Å². The maximum Gasteiger partial charge on any atom is 0.233 e. The topological polar surface area (TPSA) is 47.4 Å². The van der Waals surface area contributed by atoms with E-state index in [9.17, 15) is 4.79 Å². The molecule has 1 saturated carbocycles. The van der Waals surface area contributed by atoms with Gasteiger partial charge >= 0.3 is 0 Å². The number of ether oxygens (including phenoxy) is 1. The largest absolute Gasteiger partial charge is 0.497 e. The highest BCUT2D eigenvalue weighted by atomic mass is 32.2. The summed E-state index contributed by atoms with van der Waals surface area (Å²) in [6.07, 6.45) is 2.19. The average molecular weight is 422 g/mol. The third kappa shape index (κ3) is 4.54. The second-order valence-corrected chi connectivity index (χ2v) is 8.62. The maximum atomic E-state index is 13.1. The van der Waals surface area contributed by atoms with Crippen molar-refractivity contribution in [3.63, 3.8) is 0 Å². The molecule has 1 aromatic heterocycles. The molecule has 30 heavy (non-hydrogen) atoms. The van der Waals surface area contributed by atoms with Crippen LogP contribution in [0.25, 0.3) is 5.69 Å². The fourth-order valence-corrected chi connectivity index (χ4v) is 4.59. The van der Waals surface area contributed by atoms with Gasteiger partial charge in [0, 0.05) is 12.6 Å². The molecule has 0 atom stereocenters. The molecule has 1 fully saturated rings. The second-order valence-electron chi connectivity index (χ2n) is 7.64. The summed E-state index contributed by atoms with van der Waals surface area (Å²) in [4.78, 5) is 16.2. The predicted octanol–water partition coefficient (Wildman–Crippen LogP) is 4.78. The van der Waals surface area contributed by atoms with Gasteiger partial charge in [0.15, 0.2) is 0 Å². The lowest BCUT2D eigenvalue weighted by molar-refractivity contribution is -0.129. The molecule has 0 bridgehead atoms. The fourth-order valence-electron chi connectivity index (χ4n) is 3.61. The van der Waals surface area contributed by atoms with E-state index in [1.807, 2.05) is 71.1 Å². The first-order chi connectivity index (χ1) is 14.6. The highest BCUT2D eigenvalue weighted by Crippen LogP contribution is 2.32. The average Bonchev–Trinajstić information content (AvgIpc) is 3.57. The van der Waals surface area contributed by atoms with Gasteiger partial charge in [-0.1, -0.05) is 30.3 Å². The molecule has 1 amide bonds. The van der Waals surface area contributed by atoms with Crippen molar-refractivity contribution in [2.24, 2.45) is 0 Å². The van der Waals surface area contributed by atoms with Crippen LogP contribution in [-0.2, 0) is 11.3 Å². The van der Waals surface area contributed by atoms with Gasteiger partial charge in [0.05, 0.1) is 34.8 Å². The highest BCUT2D eigenvalue weighted by molar-refractivity contribution is 8.00. The standard InChI is InChI=1S/C24H27N3O2S/c1-17-24(18(2)27(25-17)21-7-5-4-6-8-21)30-16-23(28)26(20-11-12-20)15-19-9-13-22(29-3)14-10-19/h4-10,13-14,20H,11-12,15-16H2,1-3H3. The van der Waals surface area contributed by atoms with Crippen molar-refractivity contribution in [1.82, 2.24) is 14.7 Å². The number of carbonyl (C=O) groups excluding carboxylic acids is 1. The molecular formula is C24H27N3O2S. The van der Waals surface area contributed by atoms with E-state index < -0.39 is 0 Å². The number of aromatic nitrogens is 2. The van der Waals surface area contributed by atoms with E-state index >= 15 is 0 Å². The van der Waals surface area contributed by atoms with Crippen molar-refractivity contribution in [2.75, 3.05) is 12.9 Å². The zero-order valence-corrected chi connectivity index (χ0v) is 18.5. The molecule has 0 aliphatic heterocycles. The van der Waals surface area contributed by atoms with E-state index in [0.29, 0.717) is 18.3 Å². The lowest BCUT2D eigenvalue weighted by Gasteiger charge is -2.22. The molecule has 0 radical (unpaired) electrons. The molecule has 3 aromatic rings. The Balaban J connectivity index is 1.44. The molecule has 0 spiro atoms. The number of amides is 1. The zero-order chi connectivity index (χ0) is 21.1. The minimum absolute atomic E-state index is 0.185. The summed E-state index contributed by atoms with van der Waals surface area (Å²) in [6, 6.07) is 18.4. The van der Waals surface area contributed by atoms with Crippen molar-refractivity contribution >= 4 is 17.7 Å². The van der Waals surface area contributed by atoms with Crippen LogP contribution in [0.2, 0.25) is 0 Å². The molecule has 1 aliphatic carbocycles. The number of hydrogen-bond donors (Lipinski definition) is 0. The summed E-state index contributed by atoms with van der Waals surface area (Å²) in [7, 11) is 1.66. The summed E-state index contributed by atoms with van der Waals surface area (Å²) in [5.41, 5.74) is 4.20. The number of benzene rings is 2. The third-order valence-electron chi connectivity index (χ3n) is 5.39. The van der Waals surface area contributed by atoms with Crippen LogP contribution < -0.4 is 4.74 Å². The Kier molecular flexibility index (Phi) is 6.13. The first-order valence-electron chi connectivity index (χ1n) is 10.2. The van der Waals surface area contributed by atoms with E-state index in [0.717, 1.165) is 46.1 Å². The lowest BCUT2D eigenvalue weighted by Crippen LogP contribution is -2.34. The van der Waals surface area contributed by atoms with E-state index in [-0.39, 0.29) is 5.91 Å². The summed E-state index contributed by atoms with van der Waals surface area (Å²) in [6.45, 7) is 4.72. The van der Waals surface area contributed by atoms with E-state index in [1.54, 1.807) is 18.9 Å². The van der Waals surface area contributed by atoms with Gasteiger partial charge in [-0.3, -0.25) is 4.79 Å². The first kappa shape index (κ1) is 20.5. The van der Waals surface area contributed by atoms with Crippen LogP contribution in [0.3, 0.4) is 0 Å². The zero-order valence-electron chi connectivity index (χ0n) is 17.7. The first-order valence-corrected chi connectivity index (χ1v) is 11.2. The van der Waals surface area contributed by atoms with Gasteiger partial charge in [-0.05, 0) is 56.5 Å². The van der Waals surface area contributed by atoms with Gasteiger partial charge in [0.2, 0.25) is 5.91 Å². The third-order valence-corrected chi connectivity index (χ3v) is 6.66. The quantitative estimate of drug-likeness (QED) is 0.491. The van der Waals surface area contributed by atoms with E-state index in [2.05, 4.69) is 6.92 Å². The van der Waals surface area contributed by atoms with Gasteiger partial charge in [0.25, 0.3) is 0 Å². The predicted molar refractivity (Wildman–Crippen MR) is 120 cm³/mol. The summed E-state index contributed by atoms with van der Waals surface area (Å²) < 4.78 is 7.19. The Bertz CT molecular complexity index is 1010. The monoisotopic (exact) mass is 421 g/mol. The Labute approximate surface area is 182 Å². The minimum atomic E-state index is 0.185. The van der Waals surface area contributed by atoms with Crippen LogP contribution in [0.15, 0.2) is 59.5 Å². The molecule has 5 nitrogen and oxygen atoms in total. The van der Waals surface area contributed by atoms with Crippen molar-refractivity contribution in [2.45, 2.75) is 44.2 Å². The molecule has 156 valence electrons. The van der Waals surface area contributed by atoms with Gasteiger partial charge in [-0.2, -0.15) is 5.10 Å². The molecule has 4 rings (SSSR count). The van der Waals surface area contributed by atoms with Gasteiger partial charge < -0.3 is 9.64 Å². The Hall–Kier alpha value is -2.73. The molecule has 0 unspecified atom stereocenters. The number of thioether (sulfide) groups is 1. The summed E-state index contributed by atoms with van der Waals surface area (Å²) in [5, 5.41) is 4.69. The fraction of sp³-hybridized carbons (Fsp3) is 0.333. The maximum absolute atomic E-state index is 13.1. The molecular weight excluding hydrogens is 394 g/mol. The van der Waals surface area contributed by atoms with Crippen molar-refractivity contribution in [3.8, 4) is 11.4 Å². The van der Waals surface area contributed by atoms with Gasteiger partial charge in [-0.15, -0.1) is 11.8 Å². The van der Waals surface area contributed by atoms with Crippen LogP contribution in [-0.4, -0.2) is 39.5 Å². The number of para-hydroxylation sites is 1. The Morgan fingerprint density at radius 3 is 2.47 bits per heavy atom. The van der Waals surface area contributed by atoms with Crippen molar-refractivity contribution in [3.05, 3.63) is 71.5 Å². The van der Waals surface area contributed by atoms with Gasteiger partial charge in [-0.25, -0.2) is 4.68 Å². The lowest BCUT2D eigenvalue weighted by atomic mass is 10.2. The molecule has 1 heterocycles. The number of nitrogens with zero attached hydrogens (tertiary/aromatic N) is 3. The second kappa shape index (κ2) is 8.96. The normalized spacial score (nSPS) is 13.3. The Morgan fingerprint density at radius 1 is 1.13 bits per heavy atom. The summed E-state index contributed by atoms with van der Waals surface area (Å²) >= 11 is 1.59. The minimum Gasteiger partial charge on any atom is -0.497 e. The van der Waals surface area contributed by atoms with Crippen LogP contribution in [0.5, 0.6) is 5.75 Å². The molecule has 6 heteroatoms. The highest BCUT2D eigenvalue weighted by Gasteiger charge is 2.32. The number of carbonyl (C=O) groups is 1. The van der Waals surface area contributed by atoms with Crippen LogP contribution >= 0.6 is 11.8 Å². The van der Waals surface area contributed by atoms with E-state index in [4.69, 9.17) is 9.84 Å². The van der Waals surface area contributed by atoms with E-state index in [1.165, 1.54) is 0 Å². The van der Waals surface area contributed by atoms with Crippen LogP contribution in [0.4, 0.5) is 0 Å². The SMILES string of the molecule is COc1ccc(CN(C(=O)CSc2c(C)nn(-c3ccccc3)c2C)C2CC2)cc1. The smallest absolute Gasteiger partial charge is 0.233 e. The number of aryl methyl sites for hydroxylation is 1. The van der Waals surface area contributed by atoms with Crippen molar-refractivity contribution < 1.29 is 9.53 Å². The molecule has 1 aliphatic rings. The molecule has 0 saturated heterocycles. The number of methoxy groups -OCH3 is 1. The van der Waals surface area contributed by atoms with Crippen LogP contribution in [0.1, 0.15) is 29.8 Å². The number of rotatable bonds is 8.